The van der Waals surface area contributed by atoms with Crippen LogP contribution >= 0.6 is 0 Å². The molecule has 0 aromatic carbocycles. The van der Waals surface area contributed by atoms with Gasteiger partial charge in [0.25, 0.3) is 5.92 Å². The number of halogens is 2. The van der Waals surface area contributed by atoms with Gasteiger partial charge < -0.3 is 4.74 Å². The van der Waals surface area contributed by atoms with Crippen molar-refractivity contribution in [1.29, 1.82) is 0 Å². The van der Waals surface area contributed by atoms with Gasteiger partial charge in [0.2, 0.25) is 0 Å². The maximum Gasteiger partial charge on any atom is 0.278 e. The van der Waals surface area contributed by atoms with Crippen LogP contribution in [-0.2, 0) is 9.53 Å². The minimum atomic E-state index is -2.73. The van der Waals surface area contributed by atoms with Crippen LogP contribution in [-0.4, -0.2) is 23.9 Å². The molecule has 1 heterocycles. The molecular weight excluding hydrogens is 178 g/mol. The molecule has 2 rings (SSSR count). The Balaban J connectivity index is 2.16. The van der Waals surface area contributed by atoms with Crippen molar-refractivity contribution in [2.24, 2.45) is 0 Å². The van der Waals surface area contributed by atoms with Gasteiger partial charge in [0.05, 0.1) is 6.61 Å². The fourth-order valence-corrected chi connectivity index (χ4v) is 2.15. The molecule has 2 aliphatic rings. The summed E-state index contributed by atoms with van der Waals surface area (Å²) < 4.78 is 31.9. The molecule has 1 saturated heterocycles. The van der Waals surface area contributed by atoms with Crippen LogP contribution in [0.4, 0.5) is 8.78 Å². The quantitative estimate of drug-likeness (QED) is 0.583. The van der Waals surface area contributed by atoms with Crippen molar-refractivity contribution in [2.75, 3.05) is 6.61 Å². The largest absolute Gasteiger partial charge is 0.368 e. The molecule has 0 bridgehead atoms. The van der Waals surface area contributed by atoms with E-state index in [1.54, 1.807) is 0 Å². The third-order valence-corrected chi connectivity index (χ3v) is 3.08. The number of Topliss-reactive ketones (excluding diaryl/α,β-unsaturated/α-hetero) is 1. The lowest BCUT2D eigenvalue weighted by molar-refractivity contribution is -0.166. The van der Waals surface area contributed by atoms with Crippen LogP contribution in [0.1, 0.15) is 32.1 Å². The van der Waals surface area contributed by atoms with Crippen molar-refractivity contribution in [2.45, 2.75) is 43.6 Å². The lowest BCUT2D eigenvalue weighted by Gasteiger charge is -2.36. The maximum absolute atomic E-state index is 13.4. The first kappa shape index (κ1) is 9.06. The molecule has 0 radical (unpaired) electrons. The Morgan fingerprint density at radius 3 is 2.23 bits per heavy atom. The standard InChI is InChI=1S/C9H12F2O2/c10-9(11)5-6-13-8(9)3-1-7(12)2-4-8/h1-6H2. The summed E-state index contributed by atoms with van der Waals surface area (Å²) in [4.78, 5) is 10.9. The molecule has 2 fully saturated rings. The van der Waals surface area contributed by atoms with E-state index in [0.29, 0.717) is 0 Å². The van der Waals surface area contributed by atoms with Crippen molar-refractivity contribution < 1.29 is 18.3 Å². The summed E-state index contributed by atoms with van der Waals surface area (Å²) in [5.74, 6) is -2.65. The topological polar surface area (TPSA) is 26.3 Å². The molecule has 1 aliphatic carbocycles. The fraction of sp³-hybridized carbons (Fsp3) is 0.889. The van der Waals surface area contributed by atoms with E-state index in [1.165, 1.54) is 0 Å². The van der Waals surface area contributed by atoms with Crippen molar-refractivity contribution in [3.63, 3.8) is 0 Å². The summed E-state index contributed by atoms with van der Waals surface area (Å²) in [6, 6.07) is 0. The molecule has 0 unspecified atom stereocenters. The SMILES string of the molecule is O=C1CCC2(CC1)OCCC2(F)F. The summed E-state index contributed by atoms with van der Waals surface area (Å²) >= 11 is 0. The molecule has 74 valence electrons. The molecule has 1 aliphatic heterocycles. The number of ketones is 1. The Morgan fingerprint density at radius 1 is 1.15 bits per heavy atom. The second-order valence-electron chi connectivity index (χ2n) is 3.84. The Labute approximate surface area is 75.3 Å². The zero-order valence-electron chi connectivity index (χ0n) is 7.32. The number of rotatable bonds is 0. The summed E-state index contributed by atoms with van der Waals surface area (Å²) in [7, 11) is 0. The minimum absolute atomic E-state index is 0.0805. The van der Waals surface area contributed by atoms with E-state index >= 15 is 0 Å². The highest BCUT2D eigenvalue weighted by Gasteiger charge is 2.59. The number of alkyl halides is 2. The van der Waals surface area contributed by atoms with Gasteiger partial charge in [-0.05, 0) is 12.8 Å². The lowest BCUT2D eigenvalue weighted by Crippen LogP contribution is -2.47. The highest BCUT2D eigenvalue weighted by molar-refractivity contribution is 5.79. The number of carbonyl (C=O) groups excluding carboxylic acids is 1. The zero-order valence-corrected chi connectivity index (χ0v) is 7.32. The number of carbonyl (C=O) groups is 1. The van der Waals surface area contributed by atoms with E-state index in [4.69, 9.17) is 4.74 Å². The third kappa shape index (κ3) is 1.27. The van der Waals surface area contributed by atoms with E-state index in [1.807, 2.05) is 0 Å². The average Bonchev–Trinajstić information content (AvgIpc) is 2.34. The zero-order chi connectivity index (χ0) is 9.53. The first-order valence-corrected chi connectivity index (χ1v) is 4.59. The Hall–Kier alpha value is -0.510. The highest BCUT2D eigenvalue weighted by atomic mass is 19.3. The van der Waals surface area contributed by atoms with Gasteiger partial charge in [-0.15, -0.1) is 0 Å². The summed E-state index contributed by atoms with van der Waals surface area (Å²) in [6.07, 6.45) is 0.685. The van der Waals surface area contributed by atoms with Crippen LogP contribution in [0.25, 0.3) is 0 Å². The second-order valence-corrected chi connectivity index (χ2v) is 3.84. The van der Waals surface area contributed by atoms with Crippen LogP contribution in [0.15, 0.2) is 0 Å². The molecule has 0 atom stereocenters. The summed E-state index contributed by atoms with van der Waals surface area (Å²) in [6.45, 7) is 0.126. The Morgan fingerprint density at radius 2 is 1.77 bits per heavy atom. The predicted molar refractivity (Wildman–Crippen MR) is 41.7 cm³/mol. The lowest BCUT2D eigenvalue weighted by atomic mass is 9.80. The highest BCUT2D eigenvalue weighted by Crippen LogP contribution is 2.48. The summed E-state index contributed by atoms with van der Waals surface area (Å²) in [5, 5.41) is 0. The molecule has 2 nitrogen and oxygen atoms in total. The van der Waals surface area contributed by atoms with Crippen LogP contribution in [0.2, 0.25) is 0 Å². The predicted octanol–water partition coefficient (Wildman–Crippen LogP) is 1.92. The van der Waals surface area contributed by atoms with Crippen molar-refractivity contribution in [1.82, 2.24) is 0 Å². The van der Waals surface area contributed by atoms with Gasteiger partial charge in [-0.25, -0.2) is 8.78 Å². The van der Waals surface area contributed by atoms with Crippen LogP contribution < -0.4 is 0 Å². The van der Waals surface area contributed by atoms with Crippen molar-refractivity contribution >= 4 is 5.78 Å². The molecule has 0 aromatic heterocycles. The molecule has 0 N–H and O–H groups in total. The van der Waals surface area contributed by atoms with E-state index in [9.17, 15) is 13.6 Å². The van der Waals surface area contributed by atoms with Gasteiger partial charge in [0.1, 0.15) is 11.4 Å². The third-order valence-electron chi connectivity index (χ3n) is 3.08. The molecule has 1 saturated carbocycles. The molecule has 0 amide bonds. The normalized spacial score (nSPS) is 31.1. The van der Waals surface area contributed by atoms with Crippen LogP contribution in [0.3, 0.4) is 0 Å². The van der Waals surface area contributed by atoms with Crippen LogP contribution in [0, 0.1) is 0 Å². The van der Waals surface area contributed by atoms with Gasteiger partial charge >= 0.3 is 0 Å². The molecule has 4 heteroatoms. The summed E-state index contributed by atoms with van der Waals surface area (Å²) in [5.41, 5.74) is -1.30. The van der Waals surface area contributed by atoms with Gasteiger partial charge in [-0.2, -0.15) is 0 Å². The smallest absolute Gasteiger partial charge is 0.278 e. The minimum Gasteiger partial charge on any atom is -0.368 e. The fourth-order valence-electron chi connectivity index (χ4n) is 2.15. The molecule has 0 aromatic rings. The molecule has 1 spiro atoms. The van der Waals surface area contributed by atoms with Crippen molar-refractivity contribution in [3.8, 4) is 0 Å². The molecule has 13 heavy (non-hydrogen) atoms. The second kappa shape index (κ2) is 2.74. The molecular formula is C9H12F2O2. The Kier molecular flexibility index (Phi) is 1.91. The first-order valence-electron chi connectivity index (χ1n) is 4.59. The van der Waals surface area contributed by atoms with Gasteiger partial charge in [-0.3, -0.25) is 4.79 Å². The number of hydrogen-bond acceptors (Lipinski definition) is 2. The van der Waals surface area contributed by atoms with Crippen LogP contribution in [0.5, 0.6) is 0 Å². The number of ether oxygens (including phenoxy) is 1. The Bertz CT molecular complexity index is 228. The maximum atomic E-state index is 13.4. The van der Waals surface area contributed by atoms with Gasteiger partial charge in [0.15, 0.2) is 0 Å². The number of hydrogen-bond donors (Lipinski definition) is 0. The average molecular weight is 190 g/mol. The van der Waals surface area contributed by atoms with E-state index in [-0.39, 0.29) is 44.5 Å². The van der Waals surface area contributed by atoms with E-state index in [0.717, 1.165) is 0 Å². The van der Waals surface area contributed by atoms with Gasteiger partial charge in [-0.1, -0.05) is 0 Å². The monoisotopic (exact) mass is 190 g/mol. The van der Waals surface area contributed by atoms with E-state index < -0.39 is 11.5 Å². The van der Waals surface area contributed by atoms with E-state index in [2.05, 4.69) is 0 Å². The van der Waals surface area contributed by atoms with Crippen molar-refractivity contribution in [3.05, 3.63) is 0 Å². The first-order chi connectivity index (χ1) is 6.06. The van der Waals surface area contributed by atoms with Gasteiger partial charge in [0, 0.05) is 19.3 Å².